The Balaban J connectivity index is 2.23. The van der Waals surface area contributed by atoms with Crippen molar-refractivity contribution in [1.29, 1.82) is 0 Å². The van der Waals surface area contributed by atoms with Crippen LogP contribution in [0.3, 0.4) is 0 Å². The Hall–Kier alpha value is -2.38. The summed E-state index contributed by atoms with van der Waals surface area (Å²) in [6, 6.07) is 1.66. The lowest BCUT2D eigenvalue weighted by Gasteiger charge is -2.33. The van der Waals surface area contributed by atoms with Gasteiger partial charge in [-0.25, -0.2) is 8.42 Å². The van der Waals surface area contributed by atoms with Gasteiger partial charge in [0, 0.05) is 6.54 Å². The van der Waals surface area contributed by atoms with Crippen molar-refractivity contribution in [2.45, 2.75) is 75.8 Å². The molecule has 1 aromatic rings. The molecule has 3 N–H and O–H groups in total. The third kappa shape index (κ3) is 7.10. The summed E-state index contributed by atoms with van der Waals surface area (Å²) < 4.78 is 72.6. The fourth-order valence-electron chi connectivity index (χ4n) is 4.02. The zero-order valence-corrected chi connectivity index (χ0v) is 21.7. The Morgan fingerprint density at radius 3 is 2.17 bits per heavy atom. The molecule has 1 aliphatic heterocycles. The quantitative estimate of drug-likeness (QED) is 0.420. The molecule has 0 aromatic heterocycles. The fourth-order valence-corrected chi connectivity index (χ4v) is 5.36. The van der Waals surface area contributed by atoms with Gasteiger partial charge in [0.2, 0.25) is 21.8 Å². The van der Waals surface area contributed by atoms with E-state index in [2.05, 4.69) is 10.0 Å². The minimum Gasteiger partial charge on any atom is -0.497 e. The lowest BCUT2D eigenvalue weighted by Crippen LogP contribution is -2.59. The van der Waals surface area contributed by atoms with Crippen LogP contribution in [0.2, 0.25) is 0 Å². The van der Waals surface area contributed by atoms with Crippen LogP contribution in [0.1, 0.15) is 40.5 Å². The van der Waals surface area contributed by atoms with Crippen LogP contribution >= 0.6 is 0 Å². The number of rotatable bonds is 10. The van der Waals surface area contributed by atoms with E-state index in [0.29, 0.717) is 12.2 Å². The number of sulfonamides is 1. The largest absolute Gasteiger partial charge is 0.497 e. The van der Waals surface area contributed by atoms with Crippen molar-refractivity contribution in [2.75, 3.05) is 13.7 Å². The van der Waals surface area contributed by atoms with E-state index in [0.717, 1.165) is 0 Å². The molecule has 0 bridgehead atoms. The Bertz CT molecular complexity index is 1010. The second kappa shape index (κ2) is 11.8. The van der Waals surface area contributed by atoms with Crippen LogP contribution in [0.25, 0.3) is 0 Å². The Morgan fingerprint density at radius 2 is 1.69 bits per heavy atom. The second-order valence-corrected chi connectivity index (χ2v) is 11.2. The van der Waals surface area contributed by atoms with Gasteiger partial charge < -0.3 is 20.1 Å². The van der Waals surface area contributed by atoms with E-state index in [1.165, 1.54) is 50.1 Å². The van der Waals surface area contributed by atoms with E-state index in [4.69, 9.17) is 4.74 Å². The smallest absolute Gasteiger partial charge is 0.416 e. The van der Waals surface area contributed by atoms with Gasteiger partial charge in [-0.1, -0.05) is 27.7 Å². The first-order chi connectivity index (χ1) is 16.6. The normalized spacial score (nSPS) is 19.3. The number of methoxy groups -OCH3 is 1. The number of carbonyl (C=O) groups is 2. The van der Waals surface area contributed by atoms with Gasteiger partial charge in [-0.2, -0.15) is 17.9 Å². The molecule has 2 rings (SSSR count). The summed E-state index contributed by atoms with van der Waals surface area (Å²) in [6.45, 7) is 6.27. The number of likely N-dealkylation sites (tertiary alicyclic amines) is 1. The molecule has 0 radical (unpaired) electrons. The summed E-state index contributed by atoms with van der Waals surface area (Å²) in [5.74, 6) is -2.27. The number of benzene rings is 1. The van der Waals surface area contributed by atoms with Gasteiger partial charge in [0.1, 0.15) is 17.8 Å². The molecule has 1 aliphatic rings. The van der Waals surface area contributed by atoms with E-state index < -0.39 is 64.1 Å². The highest BCUT2D eigenvalue weighted by atomic mass is 32.2. The third-order valence-electron chi connectivity index (χ3n) is 6.13. The highest BCUT2D eigenvalue weighted by Crippen LogP contribution is 2.27. The van der Waals surface area contributed by atoms with Gasteiger partial charge in [0.15, 0.2) is 6.10 Å². The molecule has 0 saturated carbocycles. The topological polar surface area (TPSA) is 125 Å². The van der Waals surface area contributed by atoms with Crippen molar-refractivity contribution in [3.8, 4) is 5.75 Å². The number of amides is 2. The predicted octanol–water partition coefficient (Wildman–Crippen LogP) is 2.05. The lowest BCUT2D eigenvalue weighted by atomic mass is 9.97. The lowest BCUT2D eigenvalue weighted by molar-refractivity contribution is -0.215. The molecule has 9 nitrogen and oxygen atoms in total. The van der Waals surface area contributed by atoms with Gasteiger partial charge in [0.05, 0.1) is 18.0 Å². The number of nitrogens with zero attached hydrogens (tertiary/aromatic N) is 1. The maximum Gasteiger partial charge on any atom is 0.416 e. The summed E-state index contributed by atoms with van der Waals surface area (Å²) in [6.07, 6.45) is -7.10. The van der Waals surface area contributed by atoms with Gasteiger partial charge in [-0.15, -0.1) is 0 Å². The molecule has 0 spiro atoms. The van der Waals surface area contributed by atoms with Crippen LogP contribution in [0.4, 0.5) is 13.2 Å². The Morgan fingerprint density at radius 1 is 1.11 bits per heavy atom. The number of carbonyl (C=O) groups excluding carboxylic acids is 2. The molecular formula is C23H34F3N3O6S. The fraction of sp³-hybridized carbons (Fsp3) is 0.652. The standard InChI is InChI=1S/C23H34F3N3O6S/c1-13(2)18(20(30)23(24,25)26)27-21(31)17-7-6-12-29(17)22(32)19(14(3)4)28-36(33,34)16-10-8-15(35-5)9-11-16/h8-11,13-14,17-20,28,30H,6-7,12H2,1-5H3,(H,27,31)/t17-,18?,19-,20?/m0/s1. The minimum absolute atomic E-state index is 0.0848. The average Bonchev–Trinajstić information content (AvgIpc) is 3.29. The molecule has 36 heavy (non-hydrogen) atoms. The highest BCUT2D eigenvalue weighted by molar-refractivity contribution is 7.89. The number of aliphatic hydroxyl groups excluding tert-OH is 1. The number of nitrogens with one attached hydrogen (secondary N) is 2. The maximum absolute atomic E-state index is 13.4. The molecule has 1 fully saturated rings. The number of alkyl halides is 3. The van der Waals surface area contributed by atoms with Crippen LogP contribution in [-0.2, 0) is 19.6 Å². The summed E-state index contributed by atoms with van der Waals surface area (Å²) in [5, 5.41) is 12.0. The monoisotopic (exact) mass is 537 g/mol. The molecule has 13 heteroatoms. The van der Waals surface area contributed by atoms with E-state index >= 15 is 0 Å². The van der Waals surface area contributed by atoms with Crippen LogP contribution in [0, 0.1) is 11.8 Å². The van der Waals surface area contributed by atoms with Gasteiger partial charge in [-0.05, 0) is 48.9 Å². The number of hydrogen-bond donors (Lipinski definition) is 3. The van der Waals surface area contributed by atoms with Crippen molar-refractivity contribution < 1.29 is 41.0 Å². The zero-order chi connectivity index (χ0) is 27.4. The Labute approximate surface area is 209 Å². The zero-order valence-electron chi connectivity index (χ0n) is 20.9. The predicted molar refractivity (Wildman–Crippen MR) is 126 cm³/mol. The van der Waals surface area contributed by atoms with Crippen molar-refractivity contribution >= 4 is 21.8 Å². The van der Waals surface area contributed by atoms with Crippen LogP contribution < -0.4 is 14.8 Å². The minimum atomic E-state index is -4.93. The summed E-state index contributed by atoms with van der Waals surface area (Å²) in [7, 11) is -2.68. The van der Waals surface area contributed by atoms with Crippen molar-refractivity contribution in [2.24, 2.45) is 11.8 Å². The van der Waals surface area contributed by atoms with Crippen LogP contribution in [0.15, 0.2) is 29.2 Å². The van der Waals surface area contributed by atoms with E-state index in [9.17, 15) is 36.3 Å². The number of hydrogen-bond acceptors (Lipinski definition) is 6. The first-order valence-corrected chi connectivity index (χ1v) is 13.1. The molecule has 1 aromatic carbocycles. The summed E-state index contributed by atoms with van der Waals surface area (Å²) >= 11 is 0. The molecule has 1 heterocycles. The van der Waals surface area contributed by atoms with Crippen LogP contribution in [-0.4, -0.2) is 74.3 Å². The SMILES string of the molecule is COc1ccc(S(=O)(=O)N[C@H](C(=O)N2CCC[C@H]2C(=O)NC(C(C)C)C(O)C(F)(F)F)C(C)C)cc1. The summed E-state index contributed by atoms with van der Waals surface area (Å²) in [4.78, 5) is 27.4. The first kappa shape index (κ1) is 29.8. The van der Waals surface area contributed by atoms with Crippen molar-refractivity contribution in [3.63, 3.8) is 0 Å². The second-order valence-electron chi connectivity index (χ2n) is 9.47. The van der Waals surface area contributed by atoms with E-state index in [1.54, 1.807) is 13.8 Å². The number of aliphatic hydroxyl groups is 1. The average molecular weight is 538 g/mol. The Kier molecular flexibility index (Phi) is 9.77. The third-order valence-corrected chi connectivity index (χ3v) is 7.58. The molecule has 1 saturated heterocycles. The van der Waals surface area contributed by atoms with Gasteiger partial charge in [-0.3, -0.25) is 9.59 Å². The van der Waals surface area contributed by atoms with E-state index in [1.807, 2.05) is 0 Å². The molecular weight excluding hydrogens is 503 g/mol. The molecule has 204 valence electrons. The summed E-state index contributed by atoms with van der Waals surface area (Å²) in [5.41, 5.74) is 0. The molecule has 4 atom stereocenters. The molecule has 2 amide bonds. The van der Waals surface area contributed by atoms with Crippen molar-refractivity contribution in [3.05, 3.63) is 24.3 Å². The first-order valence-electron chi connectivity index (χ1n) is 11.6. The van der Waals surface area contributed by atoms with Gasteiger partial charge >= 0.3 is 6.18 Å². The van der Waals surface area contributed by atoms with E-state index in [-0.39, 0.29) is 17.9 Å². The molecule has 0 aliphatic carbocycles. The maximum atomic E-state index is 13.4. The van der Waals surface area contributed by atoms with Crippen molar-refractivity contribution in [1.82, 2.24) is 14.9 Å². The molecule has 2 unspecified atom stereocenters. The van der Waals surface area contributed by atoms with Crippen LogP contribution in [0.5, 0.6) is 5.75 Å². The highest BCUT2D eigenvalue weighted by Gasteiger charge is 2.47. The number of ether oxygens (including phenoxy) is 1. The number of halogens is 3. The van der Waals surface area contributed by atoms with Gasteiger partial charge in [0.25, 0.3) is 0 Å².